The van der Waals surface area contributed by atoms with Crippen LogP contribution in [0, 0.1) is 47.2 Å². The standard InChI is InChI=1S/C39H38FN7O2/c1-5-7-11-26-12-8-14-30(32(26)22-42)35-25(3)20-31-37(36(35)40)44-39(49-24-29-13-9-18-45(29)4)33-23-43-47(38(31)33)28-16-19-46(34(48)10-6-2)27(21-28)15-17-41/h5,7-8,11-12,14,20,23,27-29H,1,9,13,15-16,18-19,21,24H2,2-4H3/b11-7-/t27-,28+,29+/m1/s1. The molecule has 4 heterocycles. The van der Waals surface area contributed by atoms with E-state index in [0.717, 1.165) is 19.4 Å². The summed E-state index contributed by atoms with van der Waals surface area (Å²) in [5.41, 5.74) is 3.24. The van der Waals surface area contributed by atoms with Crippen molar-refractivity contribution in [3.8, 4) is 41.0 Å². The predicted molar refractivity (Wildman–Crippen MR) is 188 cm³/mol. The first-order valence-electron chi connectivity index (χ1n) is 16.6. The van der Waals surface area contributed by atoms with E-state index in [-0.39, 0.29) is 36.0 Å². The van der Waals surface area contributed by atoms with Crippen LogP contribution in [0.3, 0.4) is 0 Å². The van der Waals surface area contributed by atoms with Gasteiger partial charge in [0.2, 0.25) is 5.88 Å². The third-order valence-electron chi connectivity index (χ3n) is 9.76. The van der Waals surface area contributed by atoms with E-state index in [9.17, 15) is 15.3 Å². The number of nitrogens with zero attached hydrogens (tertiary/aromatic N) is 7. The molecular formula is C39H38FN7O2. The molecule has 9 nitrogen and oxygen atoms in total. The highest BCUT2D eigenvalue weighted by Crippen LogP contribution is 2.41. The minimum atomic E-state index is -0.547. The molecule has 0 aliphatic carbocycles. The summed E-state index contributed by atoms with van der Waals surface area (Å²) in [6, 6.07) is 11.5. The number of halogens is 1. The zero-order chi connectivity index (χ0) is 34.7. The number of hydrogen-bond donors (Lipinski definition) is 0. The van der Waals surface area contributed by atoms with Gasteiger partial charge in [-0.15, -0.1) is 0 Å². The van der Waals surface area contributed by atoms with Crippen LogP contribution >= 0.6 is 0 Å². The largest absolute Gasteiger partial charge is 0.475 e. The number of ether oxygens (including phenoxy) is 1. The summed E-state index contributed by atoms with van der Waals surface area (Å²) in [6.07, 6.45) is 10.2. The number of pyridine rings is 1. The minimum Gasteiger partial charge on any atom is -0.475 e. The lowest BCUT2D eigenvalue weighted by molar-refractivity contribution is -0.129. The Morgan fingerprint density at radius 2 is 2.04 bits per heavy atom. The molecule has 6 rings (SSSR count). The minimum absolute atomic E-state index is 0.125. The SMILES string of the molecule is C=C/C=C\c1cccc(-c2c(C)cc3c(nc(OC[C@@H]4CCCN4C)c4cnn([C@H]5CCN(C(=O)C#CC)[C@H](CC#N)C5)c43)c2F)c1C#N. The van der Waals surface area contributed by atoms with Crippen molar-refractivity contribution in [2.45, 2.75) is 64.1 Å². The fourth-order valence-electron chi connectivity index (χ4n) is 7.30. The molecule has 248 valence electrons. The Morgan fingerprint density at radius 1 is 1.20 bits per heavy atom. The topological polar surface area (TPSA) is 111 Å². The van der Waals surface area contributed by atoms with Crippen LogP contribution in [0.15, 0.2) is 49.2 Å². The summed E-state index contributed by atoms with van der Waals surface area (Å²) in [7, 11) is 2.07. The highest BCUT2D eigenvalue weighted by Gasteiger charge is 2.34. The van der Waals surface area contributed by atoms with Gasteiger partial charge in [0, 0.05) is 35.1 Å². The maximum atomic E-state index is 17.1. The molecule has 2 aliphatic rings. The average molecular weight is 656 g/mol. The van der Waals surface area contributed by atoms with Crippen LogP contribution in [0.4, 0.5) is 4.39 Å². The third kappa shape index (κ3) is 6.26. The Balaban J connectivity index is 1.53. The molecule has 3 atom stereocenters. The molecule has 2 fully saturated rings. The number of carbonyl (C=O) groups excluding carboxylic acids is 1. The van der Waals surface area contributed by atoms with Gasteiger partial charge in [0.15, 0.2) is 5.82 Å². The van der Waals surface area contributed by atoms with Gasteiger partial charge in [-0.3, -0.25) is 9.48 Å². The predicted octanol–water partition coefficient (Wildman–Crippen LogP) is 6.71. The molecule has 0 spiro atoms. The number of fused-ring (bicyclic) bond motifs is 3. The van der Waals surface area contributed by atoms with Gasteiger partial charge in [0.1, 0.15) is 18.2 Å². The molecule has 49 heavy (non-hydrogen) atoms. The van der Waals surface area contributed by atoms with Gasteiger partial charge in [0.25, 0.3) is 5.91 Å². The van der Waals surface area contributed by atoms with Crippen molar-refractivity contribution in [2.75, 3.05) is 26.7 Å². The second-order valence-electron chi connectivity index (χ2n) is 12.7. The Morgan fingerprint density at radius 3 is 2.76 bits per heavy atom. The van der Waals surface area contributed by atoms with Crippen molar-refractivity contribution in [3.63, 3.8) is 0 Å². The van der Waals surface area contributed by atoms with Gasteiger partial charge in [-0.05, 0) is 76.2 Å². The van der Waals surface area contributed by atoms with Crippen LogP contribution < -0.4 is 4.74 Å². The monoisotopic (exact) mass is 655 g/mol. The van der Waals surface area contributed by atoms with Crippen molar-refractivity contribution >= 4 is 33.8 Å². The summed E-state index contributed by atoms with van der Waals surface area (Å²) >= 11 is 0. The summed E-state index contributed by atoms with van der Waals surface area (Å²) in [5.74, 6) is 4.74. The number of likely N-dealkylation sites (tertiary alicyclic amines) is 2. The van der Waals surface area contributed by atoms with E-state index in [1.165, 1.54) is 0 Å². The molecule has 1 amide bonds. The Kier molecular flexibility index (Phi) is 9.76. The number of hydrogen-bond acceptors (Lipinski definition) is 7. The lowest BCUT2D eigenvalue weighted by Crippen LogP contribution is -2.46. The lowest BCUT2D eigenvalue weighted by Gasteiger charge is -2.37. The van der Waals surface area contributed by atoms with Gasteiger partial charge in [-0.25, -0.2) is 9.37 Å². The molecule has 0 N–H and O–H groups in total. The quantitative estimate of drug-likeness (QED) is 0.153. The van der Waals surface area contributed by atoms with Gasteiger partial charge in [-0.2, -0.15) is 15.6 Å². The fourth-order valence-corrected chi connectivity index (χ4v) is 7.30. The number of carbonyl (C=O) groups is 1. The van der Waals surface area contributed by atoms with Gasteiger partial charge < -0.3 is 14.5 Å². The highest BCUT2D eigenvalue weighted by atomic mass is 19.1. The van der Waals surface area contributed by atoms with E-state index in [4.69, 9.17) is 14.8 Å². The number of allylic oxidation sites excluding steroid dienone is 2. The van der Waals surface area contributed by atoms with Crippen LogP contribution in [0.25, 0.3) is 39.0 Å². The molecule has 0 bridgehead atoms. The maximum Gasteiger partial charge on any atom is 0.298 e. The van der Waals surface area contributed by atoms with Crippen LogP contribution in [0.5, 0.6) is 5.88 Å². The molecule has 0 radical (unpaired) electrons. The third-order valence-corrected chi connectivity index (χ3v) is 9.76. The summed E-state index contributed by atoms with van der Waals surface area (Å²) in [5, 5.41) is 25.9. The smallest absolute Gasteiger partial charge is 0.298 e. The van der Waals surface area contributed by atoms with E-state index in [1.54, 1.807) is 48.4 Å². The first-order chi connectivity index (χ1) is 23.8. The summed E-state index contributed by atoms with van der Waals surface area (Å²) < 4.78 is 25.4. The molecule has 2 aromatic carbocycles. The van der Waals surface area contributed by atoms with Crippen LogP contribution in [0.2, 0.25) is 0 Å². The first kappa shape index (κ1) is 33.4. The number of likely N-dealkylation sites (N-methyl/N-ethyl adjacent to an activating group) is 1. The zero-order valence-corrected chi connectivity index (χ0v) is 28.0. The maximum absolute atomic E-state index is 17.1. The Labute approximate surface area is 285 Å². The van der Waals surface area contributed by atoms with Gasteiger partial charge in [-0.1, -0.05) is 48.9 Å². The fraction of sp³-hybridized carbons (Fsp3) is 0.359. The molecule has 2 aromatic heterocycles. The summed E-state index contributed by atoms with van der Waals surface area (Å²) in [4.78, 5) is 21.5. The molecule has 4 aromatic rings. The highest BCUT2D eigenvalue weighted by molar-refractivity contribution is 6.07. The first-order valence-corrected chi connectivity index (χ1v) is 16.6. The van der Waals surface area contributed by atoms with Crippen molar-refractivity contribution in [1.82, 2.24) is 24.6 Å². The molecule has 2 saturated heterocycles. The number of benzene rings is 2. The molecule has 2 aliphatic heterocycles. The Bertz CT molecular complexity index is 2130. The second kappa shape index (κ2) is 14.3. The van der Waals surface area contributed by atoms with Crippen LogP contribution in [0.1, 0.15) is 61.8 Å². The number of aryl methyl sites for hydroxylation is 1. The number of nitriles is 2. The number of aromatic nitrogens is 3. The number of rotatable bonds is 8. The second-order valence-corrected chi connectivity index (χ2v) is 12.7. The van der Waals surface area contributed by atoms with Crippen molar-refractivity contribution < 1.29 is 13.9 Å². The molecule has 0 saturated carbocycles. The van der Waals surface area contributed by atoms with Gasteiger partial charge in [0.05, 0.1) is 41.2 Å². The van der Waals surface area contributed by atoms with Crippen LogP contribution in [-0.2, 0) is 4.79 Å². The van der Waals surface area contributed by atoms with Gasteiger partial charge >= 0.3 is 0 Å². The average Bonchev–Trinajstić information content (AvgIpc) is 3.73. The van der Waals surface area contributed by atoms with Crippen molar-refractivity contribution in [3.05, 3.63) is 71.7 Å². The normalized spacial score (nSPS) is 19.5. The van der Waals surface area contributed by atoms with Crippen molar-refractivity contribution in [2.24, 2.45) is 0 Å². The number of piperidine rings is 1. The summed E-state index contributed by atoms with van der Waals surface area (Å²) in [6.45, 7) is 8.97. The van der Waals surface area contributed by atoms with E-state index in [2.05, 4.69) is 42.5 Å². The van der Waals surface area contributed by atoms with Crippen molar-refractivity contribution in [1.29, 1.82) is 10.5 Å². The molecular weight excluding hydrogens is 617 g/mol. The van der Waals surface area contributed by atoms with E-state index < -0.39 is 5.82 Å². The number of amides is 1. The molecule has 10 heteroatoms. The zero-order valence-electron chi connectivity index (χ0n) is 28.0. The van der Waals surface area contributed by atoms with E-state index >= 15 is 4.39 Å². The van der Waals surface area contributed by atoms with Crippen LogP contribution in [-0.4, -0.2) is 69.3 Å². The Hall–Kier alpha value is -5.50. The van der Waals surface area contributed by atoms with E-state index in [0.29, 0.717) is 76.0 Å². The molecule has 0 unspecified atom stereocenters. The lowest BCUT2D eigenvalue weighted by atomic mass is 9.91. The van der Waals surface area contributed by atoms with E-state index in [1.807, 2.05) is 23.7 Å².